The van der Waals surface area contributed by atoms with Crippen molar-refractivity contribution in [3.63, 3.8) is 0 Å². The van der Waals surface area contributed by atoms with E-state index in [1.807, 2.05) is 5.38 Å². The first-order valence-electron chi connectivity index (χ1n) is 3.57. The van der Waals surface area contributed by atoms with Crippen LogP contribution in [0.2, 0.25) is 0 Å². The Balaban J connectivity index is 2.21. The summed E-state index contributed by atoms with van der Waals surface area (Å²) in [7, 11) is 0. The predicted octanol–water partition coefficient (Wildman–Crippen LogP) is 1.03. The summed E-state index contributed by atoms with van der Waals surface area (Å²) in [5.74, 6) is 0. The molecule has 1 atom stereocenters. The van der Waals surface area contributed by atoms with Crippen LogP contribution in [0.25, 0.3) is 0 Å². The van der Waals surface area contributed by atoms with Crippen molar-refractivity contribution in [2.75, 3.05) is 0 Å². The molecular weight excluding hydrogens is 174 g/mol. The molecule has 5 heteroatoms. The molecule has 12 heavy (non-hydrogen) atoms. The maximum absolute atomic E-state index is 10.5. The smallest absolute Gasteiger partial charge is 0.230 e. The van der Waals surface area contributed by atoms with Gasteiger partial charge in [-0.2, -0.15) is 5.10 Å². The number of carbonyl (C=O) groups is 1. The van der Waals surface area contributed by atoms with E-state index in [-0.39, 0.29) is 6.04 Å². The summed E-state index contributed by atoms with van der Waals surface area (Å²) in [5.41, 5.74) is 0. The van der Waals surface area contributed by atoms with E-state index in [9.17, 15) is 4.79 Å². The molecule has 2 heterocycles. The van der Waals surface area contributed by atoms with Gasteiger partial charge >= 0.3 is 0 Å². The fourth-order valence-corrected chi connectivity index (χ4v) is 1.89. The van der Waals surface area contributed by atoms with Gasteiger partial charge in [-0.15, -0.1) is 11.3 Å². The molecular formula is C7H7N3OS. The van der Waals surface area contributed by atoms with E-state index in [0.717, 1.165) is 17.8 Å². The highest BCUT2D eigenvalue weighted by Gasteiger charge is 2.23. The second-order valence-electron chi connectivity index (χ2n) is 2.41. The molecule has 2 rings (SSSR count). The highest BCUT2D eigenvalue weighted by molar-refractivity contribution is 7.09. The second-order valence-corrected chi connectivity index (χ2v) is 3.33. The van der Waals surface area contributed by atoms with E-state index >= 15 is 0 Å². The molecule has 1 amide bonds. The number of nitrogens with zero attached hydrogens (tertiary/aromatic N) is 3. The normalized spacial score (nSPS) is 21.7. The summed E-state index contributed by atoms with van der Waals surface area (Å²) in [6.07, 6.45) is 4.98. The average Bonchev–Trinajstić information content (AvgIpc) is 2.74. The number of hydrazone groups is 1. The Morgan fingerprint density at radius 3 is 3.33 bits per heavy atom. The van der Waals surface area contributed by atoms with Crippen molar-refractivity contribution in [2.45, 2.75) is 12.5 Å². The maximum atomic E-state index is 10.5. The van der Waals surface area contributed by atoms with Crippen molar-refractivity contribution in [3.05, 3.63) is 16.6 Å². The van der Waals surface area contributed by atoms with Crippen molar-refractivity contribution >= 4 is 24.0 Å². The Morgan fingerprint density at radius 2 is 2.67 bits per heavy atom. The third kappa shape index (κ3) is 1.12. The van der Waals surface area contributed by atoms with Gasteiger partial charge in [0, 0.05) is 24.2 Å². The van der Waals surface area contributed by atoms with Crippen LogP contribution in [-0.4, -0.2) is 22.6 Å². The highest BCUT2D eigenvalue weighted by atomic mass is 32.1. The molecule has 62 valence electrons. The third-order valence-electron chi connectivity index (χ3n) is 1.71. The minimum Gasteiger partial charge on any atom is -0.277 e. The fourth-order valence-electron chi connectivity index (χ4n) is 1.14. The molecule has 1 unspecified atom stereocenters. The maximum Gasteiger partial charge on any atom is 0.230 e. The molecule has 1 aromatic rings. The first-order chi connectivity index (χ1) is 5.92. The summed E-state index contributed by atoms with van der Waals surface area (Å²) >= 11 is 1.55. The first-order valence-corrected chi connectivity index (χ1v) is 4.45. The largest absolute Gasteiger partial charge is 0.277 e. The second kappa shape index (κ2) is 3.02. The Bertz CT molecular complexity index is 296. The molecule has 0 fully saturated rings. The average molecular weight is 181 g/mol. The monoisotopic (exact) mass is 181 g/mol. The quantitative estimate of drug-likeness (QED) is 0.640. The van der Waals surface area contributed by atoms with Crippen LogP contribution >= 0.6 is 11.3 Å². The lowest BCUT2D eigenvalue weighted by molar-refractivity contribution is -0.119. The van der Waals surface area contributed by atoms with Crippen LogP contribution in [0.3, 0.4) is 0 Å². The van der Waals surface area contributed by atoms with Gasteiger partial charge in [-0.25, -0.2) is 9.99 Å². The van der Waals surface area contributed by atoms with Crippen LogP contribution in [0.1, 0.15) is 17.5 Å². The van der Waals surface area contributed by atoms with Gasteiger partial charge in [0.2, 0.25) is 6.41 Å². The van der Waals surface area contributed by atoms with E-state index in [4.69, 9.17) is 0 Å². The van der Waals surface area contributed by atoms with Crippen LogP contribution in [0.4, 0.5) is 0 Å². The summed E-state index contributed by atoms with van der Waals surface area (Å²) in [5, 5.41) is 8.14. The molecule has 0 spiro atoms. The molecule has 1 aliphatic rings. The Hall–Kier alpha value is -1.23. The number of amides is 1. The van der Waals surface area contributed by atoms with Gasteiger partial charge < -0.3 is 0 Å². The molecule has 1 aliphatic heterocycles. The van der Waals surface area contributed by atoms with E-state index < -0.39 is 0 Å². The molecule has 0 saturated carbocycles. The summed E-state index contributed by atoms with van der Waals surface area (Å²) in [6, 6.07) is 0.0301. The van der Waals surface area contributed by atoms with Crippen molar-refractivity contribution in [1.82, 2.24) is 9.99 Å². The molecule has 0 N–H and O–H groups in total. The zero-order valence-corrected chi connectivity index (χ0v) is 7.07. The zero-order chi connectivity index (χ0) is 8.39. The zero-order valence-electron chi connectivity index (χ0n) is 6.25. The van der Waals surface area contributed by atoms with Crippen LogP contribution < -0.4 is 0 Å². The highest BCUT2D eigenvalue weighted by Crippen LogP contribution is 2.27. The minimum atomic E-state index is 0.0301. The van der Waals surface area contributed by atoms with Gasteiger partial charge in [0.25, 0.3) is 0 Å². The standard InChI is InChI=1S/C7H7N3OS/c11-5-10-6(1-2-9-10)7-8-3-4-12-7/h2-6H,1H2. The Labute approximate surface area is 73.5 Å². The van der Waals surface area contributed by atoms with E-state index in [1.165, 1.54) is 5.01 Å². The number of rotatable bonds is 2. The van der Waals surface area contributed by atoms with Gasteiger partial charge in [-0.05, 0) is 0 Å². The van der Waals surface area contributed by atoms with Crippen molar-refractivity contribution in [2.24, 2.45) is 5.10 Å². The summed E-state index contributed by atoms with van der Waals surface area (Å²) < 4.78 is 0. The summed E-state index contributed by atoms with van der Waals surface area (Å²) in [4.78, 5) is 14.6. The van der Waals surface area contributed by atoms with Gasteiger partial charge in [0.05, 0.1) is 0 Å². The Kier molecular flexibility index (Phi) is 1.87. The molecule has 1 aromatic heterocycles. The Morgan fingerprint density at radius 1 is 1.75 bits per heavy atom. The lowest BCUT2D eigenvalue weighted by Gasteiger charge is -2.13. The third-order valence-corrected chi connectivity index (χ3v) is 2.58. The lowest BCUT2D eigenvalue weighted by Crippen LogP contribution is -2.16. The number of aromatic nitrogens is 1. The molecule has 0 radical (unpaired) electrons. The van der Waals surface area contributed by atoms with Gasteiger partial charge in [0.1, 0.15) is 11.0 Å². The number of hydrogen-bond donors (Lipinski definition) is 0. The molecule has 0 aliphatic carbocycles. The van der Waals surface area contributed by atoms with Crippen molar-refractivity contribution in [3.8, 4) is 0 Å². The first kappa shape index (κ1) is 7.42. The van der Waals surface area contributed by atoms with Crippen LogP contribution in [0.15, 0.2) is 16.7 Å². The van der Waals surface area contributed by atoms with Gasteiger partial charge in [-0.3, -0.25) is 4.79 Å². The molecule has 0 aromatic carbocycles. The van der Waals surface area contributed by atoms with Gasteiger partial charge in [-0.1, -0.05) is 0 Å². The predicted molar refractivity (Wildman–Crippen MR) is 45.9 cm³/mol. The van der Waals surface area contributed by atoms with Crippen LogP contribution in [0, 0.1) is 0 Å². The lowest BCUT2D eigenvalue weighted by atomic mass is 10.2. The van der Waals surface area contributed by atoms with E-state index in [1.54, 1.807) is 23.7 Å². The number of carbonyl (C=O) groups excluding carboxylic acids is 1. The number of hydrogen-bond acceptors (Lipinski definition) is 4. The van der Waals surface area contributed by atoms with Crippen molar-refractivity contribution in [1.29, 1.82) is 0 Å². The molecule has 4 nitrogen and oxygen atoms in total. The van der Waals surface area contributed by atoms with Crippen LogP contribution in [0.5, 0.6) is 0 Å². The molecule has 0 bridgehead atoms. The van der Waals surface area contributed by atoms with Gasteiger partial charge in [0.15, 0.2) is 0 Å². The van der Waals surface area contributed by atoms with E-state index in [0.29, 0.717) is 0 Å². The fraction of sp³-hybridized carbons (Fsp3) is 0.286. The topological polar surface area (TPSA) is 45.6 Å². The minimum absolute atomic E-state index is 0.0301. The van der Waals surface area contributed by atoms with Crippen molar-refractivity contribution < 1.29 is 4.79 Å². The summed E-state index contributed by atoms with van der Waals surface area (Å²) in [6.45, 7) is 0. The van der Waals surface area contributed by atoms with Crippen LogP contribution in [-0.2, 0) is 4.79 Å². The van der Waals surface area contributed by atoms with E-state index in [2.05, 4.69) is 10.1 Å². The molecule has 0 saturated heterocycles. The SMILES string of the molecule is O=CN1N=CCC1c1nccs1. The number of thiazole rings is 1.